The first-order valence-corrected chi connectivity index (χ1v) is 9.84. The van der Waals surface area contributed by atoms with Gasteiger partial charge in [-0.2, -0.15) is 0 Å². The molecule has 2 aliphatic heterocycles. The van der Waals surface area contributed by atoms with Gasteiger partial charge in [0.1, 0.15) is 0 Å². The van der Waals surface area contributed by atoms with E-state index in [0.29, 0.717) is 50.6 Å². The third-order valence-electron chi connectivity index (χ3n) is 5.05. The number of halogens is 1. The highest BCUT2D eigenvalue weighted by molar-refractivity contribution is 6.30. The largest absolute Gasteiger partial charge is 0.392 e. The van der Waals surface area contributed by atoms with Gasteiger partial charge in [-0.1, -0.05) is 23.7 Å². The predicted octanol–water partition coefficient (Wildman–Crippen LogP) is 0.213. The Labute approximate surface area is 164 Å². The Balaban J connectivity index is 1.64. The van der Waals surface area contributed by atoms with Crippen LogP contribution in [0.4, 0.5) is 0 Å². The lowest BCUT2D eigenvalue weighted by molar-refractivity contribution is -0.136. The number of hydrogen-bond acceptors (Lipinski definition) is 5. The quantitative estimate of drug-likeness (QED) is 0.642. The summed E-state index contributed by atoms with van der Waals surface area (Å²) in [7, 11) is 0. The van der Waals surface area contributed by atoms with E-state index in [9.17, 15) is 14.7 Å². The first-order chi connectivity index (χ1) is 13.0. The average molecular weight is 395 g/mol. The summed E-state index contributed by atoms with van der Waals surface area (Å²) in [5.74, 6) is -0.0144. The fraction of sp³-hybridized carbons (Fsp3) is 0.579. The number of aliphatic hydroxyl groups is 1. The van der Waals surface area contributed by atoms with Gasteiger partial charge in [-0.3, -0.25) is 9.59 Å². The number of carbonyl (C=O) groups is 2. The number of amides is 2. The molecule has 1 aromatic rings. The van der Waals surface area contributed by atoms with Crippen LogP contribution in [0.15, 0.2) is 24.3 Å². The second-order valence-electron chi connectivity index (χ2n) is 7.12. The zero-order chi connectivity index (χ0) is 19.2. The molecule has 27 heavy (non-hydrogen) atoms. The summed E-state index contributed by atoms with van der Waals surface area (Å²) in [5.41, 5.74) is 0.920. The first kappa shape index (κ1) is 20.1. The lowest BCUT2D eigenvalue weighted by Crippen LogP contribution is -2.48. The van der Waals surface area contributed by atoms with Gasteiger partial charge in [-0.05, 0) is 24.1 Å². The number of hydrogen-bond donors (Lipinski definition) is 3. The van der Waals surface area contributed by atoms with Crippen molar-refractivity contribution in [2.75, 3.05) is 39.3 Å². The van der Waals surface area contributed by atoms with E-state index in [2.05, 4.69) is 10.6 Å². The van der Waals surface area contributed by atoms with Crippen molar-refractivity contribution in [3.8, 4) is 0 Å². The fourth-order valence-electron chi connectivity index (χ4n) is 3.55. The molecule has 0 radical (unpaired) electrons. The Morgan fingerprint density at radius 2 is 2.07 bits per heavy atom. The molecule has 3 N–H and O–H groups in total. The molecule has 0 bridgehead atoms. The maximum Gasteiger partial charge on any atom is 0.240 e. The highest BCUT2D eigenvalue weighted by Crippen LogP contribution is 2.16. The van der Waals surface area contributed by atoms with Crippen LogP contribution >= 0.6 is 11.6 Å². The number of piperazine rings is 1. The summed E-state index contributed by atoms with van der Waals surface area (Å²) in [4.78, 5) is 29.0. The minimum atomic E-state index is -0.505. The third kappa shape index (κ3) is 5.65. The molecule has 3 rings (SSSR count). The number of nitrogens with one attached hydrogen (secondary N) is 2. The van der Waals surface area contributed by atoms with Gasteiger partial charge in [0, 0.05) is 57.3 Å². The molecule has 1 aromatic carbocycles. The van der Waals surface area contributed by atoms with Crippen molar-refractivity contribution in [3.63, 3.8) is 0 Å². The van der Waals surface area contributed by atoms with Crippen LogP contribution in [0.1, 0.15) is 18.4 Å². The first-order valence-electron chi connectivity index (χ1n) is 9.46. The van der Waals surface area contributed by atoms with Crippen LogP contribution in [0, 0.1) is 0 Å². The Hall–Kier alpha value is -1.67. The van der Waals surface area contributed by atoms with E-state index in [1.54, 1.807) is 11.0 Å². The van der Waals surface area contributed by atoms with Gasteiger partial charge < -0.3 is 25.5 Å². The zero-order valence-electron chi connectivity index (χ0n) is 15.4. The molecule has 2 atom stereocenters. The molecule has 2 heterocycles. The molecular weight excluding hydrogens is 368 g/mol. The predicted molar refractivity (Wildman–Crippen MR) is 103 cm³/mol. The lowest BCUT2D eigenvalue weighted by Gasteiger charge is -2.30. The molecule has 8 heteroatoms. The van der Waals surface area contributed by atoms with E-state index < -0.39 is 12.1 Å². The van der Waals surface area contributed by atoms with Crippen LogP contribution in [0.5, 0.6) is 0 Å². The number of benzene rings is 1. The van der Waals surface area contributed by atoms with E-state index >= 15 is 0 Å². The van der Waals surface area contributed by atoms with Gasteiger partial charge in [0.25, 0.3) is 0 Å². The Kier molecular flexibility index (Phi) is 7.07. The van der Waals surface area contributed by atoms with Crippen molar-refractivity contribution in [3.05, 3.63) is 34.9 Å². The molecule has 0 aromatic heterocycles. The van der Waals surface area contributed by atoms with Gasteiger partial charge in [0.15, 0.2) is 0 Å². The topological polar surface area (TPSA) is 84.9 Å². The van der Waals surface area contributed by atoms with Gasteiger partial charge in [0.05, 0.1) is 12.1 Å². The van der Waals surface area contributed by atoms with Crippen molar-refractivity contribution in [2.24, 2.45) is 0 Å². The minimum absolute atomic E-state index is 0.0693. The average Bonchev–Trinajstić information content (AvgIpc) is 3.11. The zero-order valence-corrected chi connectivity index (χ0v) is 16.1. The van der Waals surface area contributed by atoms with Crippen LogP contribution in [-0.4, -0.2) is 78.1 Å². The summed E-state index contributed by atoms with van der Waals surface area (Å²) >= 11 is 6.07. The summed E-state index contributed by atoms with van der Waals surface area (Å²) in [5, 5.41) is 16.6. The van der Waals surface area contributed by atoms with Crippen molar-refractivity contribution in [1.29, 1.82) is 0 Å². The van der Waals surface area contributed by atoms with E-state index in [1.807, 2.05) is 23.1 Å². The van der Waals surface area contributed by atoms with Crippen molar-refractivity contribution in [1.82, 2.24) is 20.4 Å². The molecule has 0 unspecified atom stereocenters. The number of nitrogens with zero attached hydrogens (tertiary/aromatic N) is 2. The van der Waals surface area contributed by atoms with Crippen molar-refractivity contribution < 1.29 is 14.7 Å². The number of aliphatic hydroxyl groups excluding tert-OH is 1. The SMILES string of the molecule is O=C(CCN(Cc1cccc(Cl)c1)C(=O)[C@@H]1C[C@@H](O)CN1)N1CCNCC1. The smallest absolute Gasteiger partial charge is 0.240 e. The normalized spacial score (nSPS) is 22.7. The lowest BCUT2D eigenvalue weighted by atomic mass is 10.1. The van der Waals surface area contributed by atoms with Gasteiger partial charge in [-0.25, -0.2) is 0 Å². The molecule has 0 aliphatic carbocycles. The number of rotatable bonds is 6. The molecule has 2 aliphatic rings. The number of carbonyl (C=O) groups excluding carboxylic acids is 2. The maximum absolute atomic E-state index is 13.0. The van der Waals surface area contributed by atoms with E-state index in [0.717, 1.165) is 18.7 Å². The Morgan fingerprint density at radius 3 is 2.74 bits per heavy atom. The van der Waals surface area contributed by atoms with Crippen LogP contribution in [0.3, 0.4) is 0 Å². The molecular formula is C19H27ClN4O3. The van der Waals surface area contributed by atoms with E-state index in [-0.39, 0.29) is 11.8 Å². The molecule has 2 amide bonds. The number of β-amino-alcohol motifs (C(OH)–C–C–N with tert-alkyl or cyclic N) is 1. The molecule has 2 saturated heterocycles. The second-order valence-corrected chi connectivity index (χ2v) is 7.56. The van der Waals surface area contributed by atoms with E-state index in [4.69, 9.17) is 11.6 Å². The van der Waals surface area contributed by atoms with E-state index in [1.165, 1.54) is 0 Å². The van der Waals surface area contributed by atoms with Gasteiger partial charge >= 0.3 is 0 Å². The summed E-state index contributed by atoms with van der Waals surface area (Å²) in [6.45, 7) is 4.18. The van der Waals surface area contributed by atoms with Crippen molar-refractivity contribution >= 4 is 23.4 Å². The standard InChI is InChI=1S/C19H27ClN4O3/c20-15-3-1-2-14(10-15)13-24(19(27)17-11-16(25)12-22-17)7-4-18(26)23-8-5-21-6-9-23/h1-3,10,16-17,21-22,25H,4-9,11-13H2/t16-,17+/m1/s1. The highest BCUT2D eigenvalue weighted by atomic mass is 35.5. The van der Waals surface area contributed by atoms with Crippen LogP contribution in [0.2, 0.25) is 5.02 Å². The maximum atomic E-state index is 13.0. The Bertz CT molecular complexity index is 666. The van der Waals surface area contributed by atoms with Gasteiger partial charge in [-0.15, -0.1) is 0 Å². The summed E-state index contributed by atoms with van der Waals surface area (Å²) < 4.78 is 0. The minimum Gasteiger partial charge on any atom is -0.392 e. The second kappa shape index (κ2) is 9.50. The Morgan fingerprint density at radius 1 is 1.30 bits per heavy atom. The van der Waals surface area contributed by atoms with Crippen molar-refractivity contribution in [2.45, 2.75) is 31.5 Å². The molecule has 2 fully saturated rings. The summed E-state index contributed by atoms with van der Waals surface area (Å²) in [6.07, 6.45) is 0.188. The van der Waals surface area contributed by atoms with Crippen LogP contribution in [0.25, 0.3) is 0 Å². The third-order valence-corrected chi connectivity index (χ3v) is 5.28. The van der Waals surface area contributed by atoms with Crippen LogP contribution in [-0.2, 0) is 16.1 Å². The van der Waals surface area contributed by atoms with Crippen LogP contribution < -0.4 is 10.6 Å². The summed E-state index contributed by atoms with van der Waals surface area (Å²) in [6, 6.07) is 6.98. The monoisotopic (exact) mass is 394 g/mol. The molecule has 0 spiro atoms. The fourth-order valence-corrected chi connectivity index (χ4v) is 3.76. The molecule has 0 saturated carbocycles. The highest BCUT2D eigenvalue weighted by Gasteiger charge is 2.31. The van der Waals surface area contributed by atoms with Gasteiger partial charge in [0.2, 0.25) is 11.8 Å². The molecule has 7 nitrogen and oxygen atoms in total. The molecule has 148 valence electrons.